The van der Waals surface area contributed by atoms with E-state index in [-0.39, 0.29) is 5.75 Å². The smallest absolute Gasteiger partial charge is 0.124 e. The molecule has 21 heavy (non-hydrogen) atoms. The molecule has 1 aliphatic rings. The molecule has 1 aliphatic heterocycles. The van der Waals surface area contributed by atoms with Crippen molar-refractivity contribution < 1.29 is 5.11 Å². The number of benzene rings is 1. The maximum atomic E-state index is 9.88. The summed E-state index contributed by atoms with van der Waals surface area (Å²) in [6.07, 6.45) is 4.88. The highest BCUT2D eigenvalue weighted by atomic mass is 16.3. The fraction of sp³-hybridized carbons (Fsp3) is 0.588. The van der Waals surface area contributed by atoms with Gasteiger partial charge in [0.1, 0.15) is 11.8 Å². The van der Waals surface area contributed by atoms with Gasteiger partial charge >= 0.3 is 0 Å². The van der Waals surface area contributed by atoms with Crippen molar-refractivity contribution in [1.82, 2.24) is 10.2 Å². The van der Waals surface area contributed by atoms with Crippen LogP contribution in [0.25, 0.3) is 0 Å². The van der Waals surface area contributed by atoms with Gasteiger partial charge in [-0.25, -0.2) is 0 Å². The molecule has 114 valence electrons. The molecule has 4 nitrogen and oxygen atoms in total. The predicted octanol–water partition coefficient (Wildman–Crippen LogP) is 2.73. The molecule has 0 bridgehead atoms. The van der Waals surface area contributed by atoms with Crippen LogP contribution in [0.3, 0.4) is 0 Å². The van der Waals surface area contributed by atoms with Crippen molar-refractivity contribution in [2.75, 3.05) is 26.2 Å². The highest BCUT2D eigenvalue weighted by Crippen LogP contribution is 2.24. The normalized spacial score (nSPS) is 16.8. The Morgan fingerprint density at radius 2 is 2.10 bits per heavy atom. The summed E-state index contributed by atoms with van der Waals surface area (Å²) in [5, 5.41) is 22.4. The molecule has 1 saturated heterocycles. The van der Waals surface area contributed by atoms with Crippen LogP contribution in [0.4, 0.5) is 0 Å². The van der Waals surface area contributed by atoms with Crippen molar-refractivity contribution >= 4 is 0 Å². The average molecular weight is 287 g/mol. The number of phenolic OH excluding ortho intramolecular Hbond substituents is 1. The minimum absolute atomic E-state index is 0.191. The van der Waals surface area contributed by atoms with Gasteiger partial charge in [0.05, 0.1) is 6.07 Å². The van der Waals surface area contributed by atoms with Crippen LogP contribution in [0.1, 0.15) is 42.9 Å². The van der Waals surface area contributed by atoms with Crippen molar-refractivity contribution in [2.45, 2.75) is 38.6 Å². The zero-order valence-corrected chi connectivity index (χ0v) is 12.8. The van der Waals surface area contributed by atoms with Crippen LogP contribution in [0, 0.1) is 18.3 Å². The number of likely N-dealkylation sites (tertiary alicyclic amines) is 1. The molecule has 1 aromatic rings. The first kappa shape index (κ1) is 15.8. The Kier molecular flexibility index (Phi) is 6.04. The van der Waals surface area contributed by atoms with Crippen molar-refractivity contribution in [1.29, 1.82) is 5.26 Å². The Bertz CT molecular complexity index is 489. The quantitative estimate of drug-likeness (QED) is 0.757. The first-order valence-electron chi connectivity index (χ1n) is 7.85. The van der Waals surface area contributed by atoms with E-state index >= 15 is 0 Å². The summed E-state index contributed by atoms with van der Waals surface area (Å²) in [5.74, 6) is 0.191. The standard InChI is InChI=1S/C17H25N3O/c1-14-6-7-17(21)15(12-14)16(13-18)19-8-2-3-9-20-10-4-5-11-20/h6-7,12,16,19,21H,2-5,8-11H2,1H3. The summed E-state index contributed by atoms with van der Waals surface area (Å²) in [6.45, 7) is 6.41. The monoisotopic (exact) mass is 287 g/mol. The van der Waals surface area contributed by atoms with Gasteiger partial charge in [-0.1, -0.05) is 11.6 Å². The second-order valence-electron chi connectivity index (χ2n) is 5.83. The van der Waals surface area contributed by atoms with Crippen LogP contribution < -0.4 is 5.32 Å². The van der Waals surface area contributed by atoms with Crippen LogP contribution in [-0.2, 0) is 0 Å². The van der Waals surface area contributed by atoms with E-state index in [1.165, 1.54) is 25.9 Å². The number of unbranched alkanes of at least 4 members (excludes halogenated alkanes) is 1. The third-order valence-electron chi connectivity index (χ3n) is 4.07. The number of phenols is 1. The molecule has 0 spiro atoms. The lowest BCUT2D eigenvalue weighted by Crippen LogP contribution is -2.24. The third kappa shape index (κ3) is 4.73. The molecule has 1 heterocycles. The summed E-state index contributed by atoms with van der Waals surface area (Å²) in [5.41, 5.74) is 1.73. The van der Waals surface area contributed by atoms with Crippen molar-refractivity contribution in [3.63, 3.8) is 0 Å². The Hall–Kier alpha value is -1.57. The van der Waals surface area contributed by atoms with Crippen LogP contribution in [0.5, 0.6) is 5.75 Å². The number of nitrogens with zero attached hydrogens (tertiary/aromatic N) is 2. The molecular formula is C17H25N3O. The lowest BCUT2D eigenvalue weighted by atomic mass is 10.0. The second-order valence-corrected chi connectivity index (χ2v) is 5.83. The molecular weight excluding hydrogens is 262 g/mol. The number of aromatic hydroxyl groups is 1. The predicted molar refractivity (Wildman–Crippen MR) is 84.1 cm³/mol. The zero-order valence-electron chi connectivity index (χ0n) is 12.8. The van der Waals surface area contributed by atoms with Crippen molar-refractivity contribution in [2.24, 2.45) is 0 Å². The van der Waals surface area contributed by atoms with E-state index in [0.29, 0.717) is 5.56 Å². The molecule has 1 unspecified atom stereocenters. The molecule has 2 rings (SSSR count). The molecule has 0 amide bonds. The fourth-order valence-corrected chi connectivity index (χ4v) is 2.84. The van der Waals surface area contributed by atoms with Crippen molar-refractivity contribution in [3.8, 4) is 11.8 Å². The molecule has 4 heteroatoms. The van der Waals surface area contributed by atoms with Gasteiger partial charge in [0.15, 0.2) is 0 Å². The van der Waals surface area contributed by atoms with Crippen molar-refractivity contribution in [3.05, 3.63) is 29.3 Å². The van der Waals surface area contributed by atoms with Crippen LogP contribution in [-0.4, -0.2) is 36.2 Å². The second kappa shape index (κ2) is 8.02. The number of nitriles is 1. The number of nitrogens with one attached hydrogen (secondary N) is 1. The molecule has 0 aromatic heterocycles. The largest absolute Gasteiger partial charge is 0.508 e. The molecule has 0 radical (unpaired) electrons. The number of hydrogen-bond acceptors (Lipinski definition) is 4. The number of hydrogen-bond donors (Lipinski definition) is 2. The lowest BCUT2D eigenvalue weighted by Gasteiger charge is -2.16. The van der Waals surface area contributed by atoms with Gasteiger partial charge in [-0.2, -0.15) is 5.26 Å². The summed E-state index contributed by atoms with van der Waals surface area (Å²) >= 11 is 0. The Morgan fingerprint density at radius 3 is 2.81 bits per heavy atom. The Balaban J connectivity index is 1.74. The summed E-state index contributed by atoms with van der Waals surface area (Å²) in [6, 6.07) is 7.19. The number of rotatable bonds is 7. The lowest BCUT2D eigenvalue weighted by molar-refractivity contribution is 0.328. The Labute approximate surface area is 127 Å². The molecule has 0 saturated carbocycles. The van der Waals surface area contributed by atoms with Gasteiger partial charge in [-0.15, -0.1) is 0 Å². The minimum atomic E-state index is -0.434. The summed E-state index contributed by atoms with van der Waals surface area (Å²) in [4.78, 5) is 2.51. The molecule has 0 aliphatic carbocycles. The highest BCUT2D eigenvalue weighted by Gasteiger charge is 2.14. The van der Waals surface area contributed by atoms with E-state index in [1.807, 2.05) is 19.1 Å². The van der Waals surface area contributed by atoms with E-state index in [9.17, 15) is 10.4 Å². The summed E-state index contributed by atoms with van der Waals surface area (Å²) in [7, 11) is 0. The van der Waals surface area contributed by atoms with Crippen LogP contribution in [0.2, 0.25) is 0 Å². The Morgan fingerprint density at radius 1 is 1.33 bits per heavy atom. The van der Waals surface area contributed by atoms with E-state index in [2.05, 4.69) is 16.3 Å². The van der Waals surface area contributed by atoms with E-state index in [4.69, 9.17) is 0 Å². The van der Waals surface area contributed by atoms with Crippen LogP contribution >= 0.6 is 0 Å². The highest BCUT2D eigenvalue weighted by molar-refractivity contribution is 5.40. The minimum Gasteiger partial charge on any atom is -0.508 e. The van der Waals surface area contributed by atoms with E-state index < -0.39 is 6.04 Å². The topological polar surface area (TPSA) is 59.3 Å². The fourth-order valence-electron chi connectivity index (χ4n) is 2.84. The SMILES string of the molecule is Cc1ccc(O)c(C(C#N)NCCCCN2CCCC2)c1. The maximum absolute atomic E-state index is 9.88. The molecule has 1 aromatic carbocycles. The first-order valence-corrected chi connectivity index (χ1v) is 7.85. The van der Waals surface area contributed by atoms with Gasteiger partial charge < -0.3 is 10.0 Å². The third-order valence-corrected chi connectivity index (χ3v) is 4.07. The van der Waals surface area contributed by atoms with E-state index in [1.54, 1.807) is 6.07 Å². The zero-order chi connectivity index (χ0) is 15.1. The first-order chi connectivity index (χ1) is 10.2. The van der Waals surface area contributed by atoms with E-state index in [0.717, 1.165) is 31.5 Å². The molecule has 2 N–H and O–H groups in total. The van der Waals surface area contributed by atoms with Crippen LogP contribution in [0.15, 0.2) is 18.2 Å². The molecule has 1 atom stereocenters. The number of aryl methyl sites for hydroxylation is 1. The van der Waals surface area contributed by atoms with Gasteiger partial charge in [0.2, 0.25) is 0 Å². The average Bonchev–Trinajstić information content (AvgIpc) is 2.99. The van der Waals surface area contributed by atoms with Gasteiger partial charge in [-0.3, -0.25) is 5.32 Å². The van der Waals surface area contributed by atoms with Gasteiger partial charge in [-0.05, 0) is 70.9 Å². The maximum Gasteiger partial charge on any atom is 0.124 e. The molecule has 1 fully saturated rings. The summed E-state index contributed by atoms with van der Waals surface area (Å²) < 4.78 is 0. The van der Waals surface area contributed by atoms with Gasteiger partial charge in [0.25, 0.3) is 0 Å². The van der Waals surface area contributed by atoms with Gasteiger partial charge in [0, 0.05) is 5.56 Å².